The number of aryl methyl sites for hydroxylation is 1. The van der Waals surface area contributed by atoms with E-state index in [0.717, 1.165) is 24.0 Å². The lowest BCUT2D eigenvalue weighted by molar-refractivity contribution is -0.142. The van der Waals surface area contributed by atoms with Gasteiger partial charge in [-0.05, 0) is 37.0 Å². The van der Waals surface area contributed by atoms with Crippen LogP contribution in [0.5, 0.6) is 0 Å². The van der Waals surface area contributed by atoms with E-state index in [-0.39, 0.29) is 5.91 Å². The zero-order valence-electron chi connectivity index (χ0n) is 11.7. The summed E-state index contributed by atoms with van der Waals surface area (Å²) in [6, 6.07) is 4.52. The van der Waals surface area contributed by atoms with Gasteiger partial charge in [-0.25, -0.2) is 4.79 Å². The van der Waals surface area contributed by atoms with Crippen LogP contribution in [0.3, 0.4) is 0 Å². The molecule has 0 heterocycles. The minimum atomic E-state index is -1.03. The fourth-order valence-corrected chi connectivity index (χ4v) is 1.93. The predicted octanol–water partition coefficient (Wildman–Crippen LogP) is 2.74. The second-order valence-corrected chi connectivity index (χ2v) is 4.73. The largest absolute Gasteiger partial charge is 0.479 e. The lowest BCUT2D eigenvalue weighted by Crippen LogP contribution is -2.34. The number of unbranched alkanes of at least 4 members (excludes halogenated alkanes) is 1. The molecule has 0 aromatic heterocycles. The number of amides is 1. The minimum Gasteiger partial charge on any atom is -0.479 e. The summed E-state index contributed by atoms with van der Waals surface area (Å²) in [6.45, 7) is 5.79. The van der Waals surface area contributed by atoms with Crippen LogP contribution in [0.2, 0.25) is 0 Å². The molecule has 1 rings (SSSR count). The van der Waals surface area contributed by atoms with Gasteiger partial charge in [0, 0.05) is 6.42 Å². The summed E-state index contributed by atoms with van der Waals surface area (Å²) in [5.74, 6) is -1.24. The average molecular weight is 263 g/mol. The first kappa shape index (κ1) is 15.2. The topological polar surface area (TPSA) is 66.4 Å². The molecule has 0 aliphatic heterocycles. The predicted molar refractivity (Wildman–Crippen MR) is 74.0 cm³/mol. The monoisotopic (exact) mass is 263 g/mol. The van der Waals surface area contributed by atoms with E-state index < -0.39 is 12.0 Å². The Hall–Kier alpha value is -1.84. The molecule has 4 heteroatoms. The SMILES string of the molecule is CCCCC(=O)NC(C(=O)O)c1cccc(C)c1C. The highest BCUT2D eigenvalue weighted by Crippen LogP contribution is 2.21. The number of carboxylic acid groups (broad SMARTS) is 1. The second-order valence-electron chi connectivity index (χ2n) is 4.73. The standard InChI is InChI=1S/C15H21NO3/c1-4-5-9-13(17)16-14(15(18)19)12-8-6-7-10(2)11(12)3/h6-8,14H,4-5,9H2,1-3H3,(H,16,17)(H,18,19). The van der Waals surface area contributed by atoms with Crippen LogP contribution < -0.4 is 5.32 Å². The second kappa shape index (κ2) is 6.92. The molecule has 0 spiro atoms. The molecule has 1 aromatic rings. The van der Waals surface area contributed by atoms with Crippen molar-refractivity contribution < 1.29 is 14.7 Å². The summed E-state index contributed by atoms with van der Waals surface area (Å²) >= 11 is 0. The maximum absolute atomic E-state index is 11.7. The number of carbonyl (C=O) groups is 2. The van der Waals surface area contributed by atoms with Crippen LogP contribution in [0, 0.1) is 13.8 Å². The van der Waals surface area contributed by atoms with E-state index in [1.54, 1.807) is 6.07 Å². The first-order valence-electron chi connectivity index (χ1n) is 6.55. The third kappa shape index (κ3) is 4.09. The van der Waals surface area contributed by atoms with Crippen LogP contribution in [0.15, 0.2) is 18.2 Å². The molecule has 0 radical (unpaired) electrons. The van der Waals surface area contributed by atoms with Gasteiger partial charge in [-0.2, -0.15) is 0 Å². The highest BCUT2D eigenvalue weighted by atomic mass is 16.4. The molecule has 4 nitrogen and oxygen atoms in total. The van der Waals surface area contributed by atoms with Crippen LogP contribution in [-0.4, -0.2) is 17.0 Å². The minimum absolute atomic E-state index is 0.213. The van der Waals surface area contributed by atoms with Crippen LogP contribution in [0.25, 0.3) is 0 Å². The Morgan fingerprint density at radius 2 is 2.00 bits per heavy atom. The van der Waals surface area contributed by atoms with Crippen molar-refractivity contribution in [3.63, 3.8) is 0 Å². The number of nitrogens with one attached hydrogen (secondary N) is 1. The van der Waals surface area contributed by atoms with E-state index in [4.69, 9.17) is 0 Å². The average Bonchev–Trinajstić information content (AvgIpc) is 2.37. The van der Waals surface area contributed by atoms with E-state index in [2.05, 4.69) is 5.32 Å². The molecule has 19 heavy (non-hydrogen) atoms. The first-order valence-corrected chi connectivity index (χ1v) is 6.55. The van der Waals surface area contributed by atoms with Gasteiger partial charge in [0.05, 0.1) is 0 Å². The normalized spacial score (nSPS) is 11.9. The Labute approximate surface area is 113 Å². The molecule has 0 fully saturated rings. The smallest absolute Gasteiger partial charge is 0.330 e. The lowest BCUT2D eigenvalue weighted by atomic mass is 9.97. The molecule has 1 amide bonds. The third-order valence-corrected chi connectivity index (χ3v) is 3.27. The Bertz CT molecular complexity index is 468. The van der Waals surface area contributed by atoms with Gasteiger partial charge in [0.2, 0.25) is 5.91 Å². The number of benzene rings is 1. The highest BCUT2D eigenvalue weighted by Gasteiger charge is 2.23. The molecular formula is C15H21NO3. The summed E-state index contributed by atoms with van der Waals surface area (Å²) in [5.41, 5.74) is 2.58. The number of carboxylic acids is 1. The van der Waals surface area contributed by atoms with Crippen molar-refractivity contribution in [3.05, 3.63) is 34.9 Å². The van der Waals surface area contributed by atoms with Crippen molar-refractivity contribution in [1.82, 2.24) is 5.32 Å². The van der Waals surface area contributed by atoms with Gasteiger partial charge in [0.1, 0.15) is 0 Å². The third-order valence-electron chi connectivity index (χ3n) is 3.27. The number of hydrogen-bond donors (Lipinski definition) is 2. The molecule has 1 aromatic carbocycles. The number of hydrogen-bond acceptors (Lipinski definition) is 2. The summed E-state index contributed by atoms with van der Waals surface area (Å²) in [4.78, 5) is 23.1. The van der Waals surface area contributed by atoms with Gasteiger partial charge >= 0.3 is 5.97 Å². The molecule has 0 bridgehead atoms. The molecule has 0 saturated heterocycles. The van der Waals surface area contributed by atoms with E-state index in [1.165, 1.54) is 0 Å². The van der Waals surface area contributed by atoms with Gasteiger partial charge in [0.15, 0.2) is 6.04 Å². The van der Waals surface area contributed by atoms with E-state index >= 15 is 0 Å². The zero-order chi connectivity index (χ0) is 14.4. The van der Waals surface area contributed by atoms with Crippen molar-refractivity contribution in [3.8, 4) is 0 Å². The first-order chi connectivity index (χ1) is 8.97. The quantitative estimate of drug-likeness (QED) is 0.829. The molecule has 1 unspecified atom stereocenters. The van der Waals surface area contributed by atoms with Gasteiger partial charge in [-0.1, -0.05) is 31.5 Å². The number of rotatable bonds is 6. The summed E-state index contributed by atoms with van der Waals surface area (Å²) in [7, 11) is 0. The zero-order valence-corrected chi connectivity index (χ0v) is 11.7. The molecular weight excluding hydrogens is 242 g/mol. The molecule has 1 atom stereocenters. The van der Waals surface area contributed by atoms with Gasteiger partial charge in [-0.15, -0.1) is 0 Å². The summed E-state index contributed by atoms with van der Waals surface area (Å²) in [6.07, 6.45) is 2.05. The Kier molecular flexibility index (Phi) is 5.55. The van der Waals surface area contributed by atoms with Crippen molar-refractivity contribution in [2.75, 3.05) is 0 Å². The van der Waals surface area contributed by atoms with Crippen molar-refractivity contribution in [1.29, 1.82) is 0 Å². The molecule has 0 aliphatic carbocycles. The Balaban J connectivity index is 2.92. The van der Waals surface area contributed by atoms with Crippen molar-refractivity contribution in [2.45, 2.75) is 46.1 Å². The molecule has 0 saturated carbocycles. The van der Waals surface area contributed by atoms with Crippen LogP contribution in [0.1, 0.15) is 48.9 Å². The molecule has 0 aliphatic rings. The summed E-state index contributed by atoms with van der Waals surface area (Å²) in [5, 5.41) is 11.9. The van der Waals surface area contributed by atoms with Crippen molar-refractivity contribution in [2.24, 2.45) is 0 Å². The fourth-order valence-electron chi connectivity index (χ4n) is 1.93. The van der Waals surface area contributed by atoms with Gasteiger partial charge in [-0.3, -0.25) is 4.79 Å². The number of aliphatic carboxylic acids is 1. The molecule has 2 N–H and O–H groups in total. The van der Waals surface area contributed by atoms with Crippen LogP contribution in [-0.2, 0) is 9.59 Å². The molecule has 104 valence electrons. The van der Waals surface area contributed by atoms with E-state index in [1.807, 2.05) is 32.9 Å². The summed E-state index contributed by atoms with van der Waals surface area (Å²) < 4.78 is 0. The number of carbonyl (C=O) groups excluding carboxylic acids is 1. The van der Waals surface area contributed by atoms with Crippen LogP contribution in [0.4, 0.5) is 0 Å². The lowest BCUT2D eigenvalue weighted by Gasteiger charge is -2.18. The van der Waals surface area contributed by atoms with E-state index in [9.17, 15) is 14.7 Å². The Morgan fingerprint density at radius 3 is 2.58 bits per heavy atom. The van der Waals surface area contributed by atoms with Gasteiger partial charge < -0.3 is 10.4 Å². The fraction of sp³-hybridized carbons (Fsp3) is 0.467. The van der Waals surface area contributed by atoms with Crippen molar-refractivity contribution >= 4 is 11.9 Å². The van der Waals surface area contributed by atoms with E-state index in [0.29, 0.717) is 12.0 Å². The Morgan fingerprint density at radius 1 is 1.32 bits per heavy atom. The maximum atomic E-state index is 11.7. The highest BCUT2D eigenvalue weighted by molar-refractivity contribution is 5.84. The van der Waals surface area contributed by atoms with Crippen LogP contribution >= 0.6 is 0 Å². The van der Waals surface area contributed by atoms with Gasteiger partial charge in [0.25, 0.3) is 0 Å². The maximum Gasteiger partial charge on any atom is 0.330 e.